The Morgan fingerprint density at radius 2 is 1.79 bits per heavy atom. The summed E-state index contributed by atoms with van der Waals surface area (Å²) in [5.41, 5.74) is 1.02. The van der Waals surface area contributed by atoms with Gasteiger partial charge in [-0.25, -0.2) is 18.1 Å². The van der Waals surface area contributed by atoms with Crippen LogP contribution in [0.5, 0.6) is 11.5 Å². The number of sulfonamides is 1. The minimum Gasteiger partial charge on any atom is -0.457 e. The largest absolute Gasteiger partial charge is 0.457 e. The maximum Gasteiger partial charge on any atom is 0.240 e. The van der Waals surface area contributed by atoms with Crippen molar-refractivity contribution in [2.75, 3.05) is 18.0 Å². The van der Waals surface area contributed by atoms with Gasteiger partial charge in [0.2, 0.25) is 10.0 Å². The number of ether oxygens (including phenoxy) is 1. The molecule has 1 N–H and O–H groups in total. The second-order valence-electron chi connectivity index (χ2n) is 7.08. The molecule has 1 aromatic heterocycles. The van der Waals surface area contributed by atoms with Gasteiger partial charge in [0.05, 0.1) is 4.90 Å². The Balaban J connectivity index is 1.41. The van der Waals surface area contributed by atoms with Crippen molar-refractivity contribution in [3.63, 3.8) is 0 Å². The lowest BCUT2D eigenvalue weighted by Crippen LogP contribution is -2.37. The quantitative estimate of drug-likeness (QED) is 0.672. The molecule has 6 nitrogen and oxygen atoms in total. The third-order valence-electron chi connectivity index (χ3n) is 4.94. The van der Waals surface area contributed by atoms with E-state index in [0.29, 0.717) is 12.3 Å². The number of aromatic nitrogens is 1. The van der Waals surface area contributed by atoms with E-state index in [9.17, 15) is 8.42 Å². The van der Waals surface area contributed by atoms with Crippen molar-refractivity contribution in [1.82, 2.24) is 9.71 Å². The summed E-state index contributed by atoms with van der Waals surface area (Å²) in [5, 5.41) is 0. The molecule has 1 atom stereocenters. The second-order valence-corrected chi connectivity index (χ2v) is 8.79. The fraction of sp³-hybridized carbons (Fsp3) is 0.227. The molecule has 7 heteroatoms. The van der Waals surface area contributed by atoms with E-state index in [4.69, 9.17) is 4.74 Å². The first kappa shape index (κ1) is 19.4. The second kappa shape index (κ2) is 8.23. The van der Waals surface area contributed by atoms with Gasteiger partial charge < -0.3 is 9.64 Å². The van der Waals surface area contributed by atoms with Crippen LogP contribution in [0.4, 0.5) is 5.82 Å². The van der Waals surface area contributed by atoms with E-state index in [-0.39, 0.29) is 10.9 Å². The molecule has 29 heavy (non-hydrogen) atoms. The van der Waals surface area contributed by atoms with Gasteiger partial charge in [0, 0.05) is 25.3 Å². The van der Waals surface area contributed by atoms with E-state index < -0.39 is 10.0 Å². The van der Waals surface area contributed by atoms with Crippen LogP contribution in [0.15, 0.2) is 77.8 Å². The van der Waals surface area contributed by atoms with Gasteiger partial charge in [0.25, 0.3) is 0 Å². The predicted octanol–water partition coefficient (Wildman–Crippen LogP) is 3.74. The monoisotopic (exact) mass is 409 g/mol. The highest BCUT2D eigenvalue weighted by molar-refractivity contribution is 7.89. The number of hydrogen-bond donors (Lipinski definition) is 1. The van der Waals surface area contributed by atoms with E-state index in [1.165, 1.54) is 0 Å². The maximum absolute atomic E-state index is 12.8. The standard InChI is InChI=1S/C22H23N3O3S/c1-17-6-2-3-7-21(17)28-19-9-11-20(12-10-19)29(26,27)24-18-13-15-25(16-18)22-8-4-5-14-23-22/h2-12,14,18,24H,13,15-16H2,1H3/t18-/m0/s1. The highest BCUT2D eigenvalue weighted by Crippen LogP contribution is 2.26. The molecule has 0 unspecified atom stereocenters. The molecule has 3 aromatic rings. The van der Waals surface area contributed by atoms with Gasteiger partial charge in [-0.05, 0) is 61.4 Å². The van der Waals surface area contributed by atoms with Crippen LogP contribution in [0.3, 0.4) is 0 Å². The van der Waals surface area contributed by atoms with Crippen molar-refractivity contribution < 1.29 is 13.2 Å². The van der Waals surface area contributed by atoms with E-state index >= 15 is 0 Å². The molecule has 0 aliphatic carbocycles. The van der Waals surface area contributed by atoms with E-state index in [2.05, 4.69) is 14.6 Å². The zero-order chi connectivity index (χ0) is 20.3. The summed E-state index contributed by atoms with van der Waals surface area (Å²) in [7, 11) is -3.60. The first-order valence-electron chi connectivity index (χ1n) is 9.53. The summed E-state index contributed by atoms with van der Waals surface area (Å²) in [6, 6.07) is 19.8. The Morgan fingerprint density at radius 1 is 1.03 bits per heavy atom. The maximum atomic E-state index is 12.8. The van der Waals surface area contributed by atoms with Gasteiger partial charge in [-0.3, -0.25) is 0 Å². The van der Waals surface area contributed by atoms with Crippen molar-refractivity contribution in [2.24, 2.45) is 0 Å². The Labute approximate surface area is 171 Å². The van der Waals surface area contributed by atoms with Crippen molar-refractivity contribution in [2.45, 2.75) is 24.3 Å². The molecular weight excluding hydrogens is 386 g/mol. The predicted molar refractivity (Wildman–Crippen MR) is 113 cm³/mol. The number of para-hydroxylation sites is 1. The molecule has 0 saturated carbocycles. The van der Waals surface area contributed by atoms with Crippen LogP contribution in [-0.4, -0.2) is 32.5 Å². The molecule has 0 bridgehead atoms. The zero-order valence-corrected chi connectivity index (χ0v) is 17.0. The van der Waals surface area contributed by atoms with Crippen LogP contribution < -0.4 is 14.4 Å². The van der Waals surface area contributed by atoms with Crippen LogP contribution in [0, 0.1) is 6.92 Å². The van der Waals surface area contributed by atoms with Crippen molar-refractivity contribution in [1.29, 1.82) is 0 Å². The molecule has 0 spiro atoms. The van der Waals surface area contributed by atoms with Gasteiger partial charge in [-0.1, -0.05) is 24.3 Å². The number of pyridine rings is 1. The SMILES string of the molecule is Cc1ccccc1Oc1ccc(S(=O)(=O)N[C@H]2CCN(c3ccccn3)C2)cc1. The Morgan fingerprint density at radius 3 is 2.52 bits per heavy atom. The molecule has 1 fully saturated rings. The molecule has 1 aliphatic heterocycles. The number of hydrogen-bond acceptors (Lipinski definition) is 5. The van der Waals surface area contributed by atoms with Crippen LogP contribution in [0.1, 0.15) is 12.0 Å². The minimum atomic E-state index is -3.60. The number of rotatable bonds is 6. The molecule has 150 valence electrons. The Hall–Kier alpha value is -2.90. The normalized spacial score (nSPS) is 16.7. The van der Waals surface area contributed by atoms with Gasteiger partial charge in [-0.2, -0.15) is 0 Å². The van der Waals surface area contributed by atoms with Gasteiger partial charge in [0.1, 0.15) is 17.3 Å². The Kier molecular flexibility index (Phi) is 5.51. The molecule has 2 heterocycles. The highest BCUT2D eigenvalue weighted by atomic mass is 32.2. The van der Waals surface area contributed by atoms with Crippen LogP contribution >= 0.6 is 0 Å². The number of benzene rings is 2. The molecule has 0 amide bonds. The van der Waals surface area contributed by atoms with Gasteiger partial charge in [-0.15, -0.1) is 0 Å². The zero-order valence-electron chi connectivity index (χ0n) is 16.2. The summed E-state index contributed by atoms with van der Waals surface area (Å²) < 4.78 is 34.2. The van der Waals surface area contributed by atoms with E-state index in [1.54, 1.807) is 30.5 Å². The summed E-state index contributed by atoms with van der Waals surface area (Å²) in [6.07, 6.45) is 2.48. The number of aryl methyl sites for hydroxylation is 1. The highest BCUT2D eigenvalue weighted by Gasteiger charge is 2.28. The minimum absolute atomic E-state index is 0.148. The van der Waals surface area contributed by atoms with Crippen molar-refractivity contribution in [3.05, 3.63) is 78.5 Å². The number of nitrogens with one attached hydrogen (secondary N) is 1. The lowest BCUT2D eigenvalue weighted by molar-refractivity contribution is 0.478. The van der Waals surface area contributed by atoms with Gasteiger partial charge >= 0.3 is 0 Å². The fourth-order valence-electron chi connectivity index (χ4n) is 3.38. The smallest absolute Gasteiger partial charge is 0.240 e. The Bertz CT molecular complexity index is 1070. The number of nitrogens with zero attached hydrogens (tertiary/aromatic N) is 2. The average molecular weight is 410 g/mol. The third kappa shape index (κ3) is 4.58. The molecule has 0 radical (unpaired) electrons. The van der Waals surface area contributed by atoms with Crippen LogP contribution in [0.2, 0.25) is 0 Å². The van der Waals surface area contributed by atoms with Crippen molar-refractivity contribution in [3.8, 4) is 11.5 Å². The molecule has 1 aliphatic rings. The first-order valence-corrected chi connectivity index (χ1v) is 11.0. The molecule has 2 aromatic carbocycles. The molecular formula is C22H23N3O3S. The van der Waals surface area contributed by atoms with E-state index in [1.807, 2.05) is 49.4 Å². The lowest BCUT2D eigenvalue weighted by atomic mass is 10.2. The summed E-state index contributed by atoms with van der Waals surface area (Å²) >= 11 is 0. The topological polar surface area (TPSA) is 71.5 Å². The first-order chi connectivity index (χ1) is 14.0. The lowest BCUT2D eigenvalue weighted by Gasteiger charge is -2.18. The van der Waals surface area contributed by atoms with Crippen molar-refractivity contribution >= 4 is 15.8 Å². The van der Waals surface area contributed by atoms with E-state index in [0.717, 1.165) is 30.1 Å². The fourth-order valence-corrected chi connectivity index (χ4v) is 4.64. The number of anilines is 1. The van der Waals surface area contributed by atoms with Crippen LogP contribution in [-0.2, 0) is 10.0 Å². The average Bonchev–Trinajstić information content (AvgIpc) is 3.19. The summed E-state index contributed by atoms with van der Waals surface area (Å²) in [5.74, 6) is 2.22. The molecule has 1 saturated heterocycles. The van der Waals surface area contributed by atoms with Crippen LogP contribution in [0.25, 0.3) is 0 Å². The van der Waals surface area contributed by atoms with Gasteiger partial charge in [0.15, 0.2) is 0 Å². The molecule has 4 rings (SSSR count). The third-order valence-corrected chi connectivity index (χ3v) is 6.48. The summed E-state index contributed by atoms with van der Waals surface area (Å²) in [6.45, 7) is 3.34. The summed E-state index contributed by atoms with van der Waals surface area (Å²) in [4.78, 5) is 6.65.